The van der Waals surface area contributed by atoms with E-state index in [1.54, 1.807) is 0 Å². The van der Waals surface area contributed by atoms with Crippen LogP contribution < -0.4 is 19.4 Å². The fraction of sp³-hybridized carbons (Fsp3) is 0.441. The van der Waals surface area contributed by atoms with Crippen molar-refractivity contribution in [2.75, 3.05) is 42.2 Å². The fourth-order valence-electron chi connectivity index (χ4n) is 6.14. The van der Waals surface area contributed by atoms with Crippen molar-refractivity contribution < 1.29 is 13.8 Å². The Hall–Kier alpha value is -2.17. The molecule has 1 saturated carbocycles. The van der Waals surface area contributed by atoms with Crippen molar-refractivity contribution in [1.29, 1.82) is 0 Å². The van der Waals surface area contributed by atoms with Crippen LogP contribution >= 0.6 is 49.1 Å². The van der Waals surface area contributed by atoms with Gasteiger partial charge in [0.2, 0.25) is 6.41 Å². The third kappa shape index (κ3) is 8.55. The number of aryl methyl sites for hydroxylation is 2. The summed E-state index contributed by atoms with van der Waals surface area (Å²) in [6.07, 6.45) is 9.31. The molecule has 1 fully saturated rings. The molecule has 1 amide bonds. The van der Waals surface area contributed by atoms with Crippen LogP contribution in [0.25, 0.3) is 0 Å². The van der Waals surface area contributed by atoms with Gasteiger partial charge in [-0.15, -0.1) is 11.8 Å². The number of carbonyl (C=O) groups is 1. The Labute approximate surface area is 283 Å². The van der Waals surface area contributed by atoms with Gasteiger partial charge in [0.1, 0.15) is 18.0 Å². The number of thioether (sulfide) groups is 1. The number of benzene rings is 3. The van der Waals surface area contributed by atoms with E-state index in [0.29, 0.717) is 13.0 Å². The van der Waals surface area contributed by atoms with E-state index in [1.165, 1.54) is 46.6 Å². The summed E-state index contributed by atoms with van der Waals surface area (Å²) in [5.41, 5.74) is 8.27. The quantitative estimate of drug-likeness (QED) is 0.0612. The van der Waals surface area contributed by atoms with Crippen molar-refractivity contribution in [2.24, 2.45) is 5.92 Å². The van der Waals surface area contributed by atoms with Crippen molar-refractivity contribution >= 4 is 66.9 Å². The summed E-state index contributed by atoms with van der Waals surface area (Å²) in [6, 6.07) is 21.3. The van der Waals surface area contributed by atoms with Crippen molar-refractivity contribution in [2.45, 2.75) is 62.2 Å². The molecule has 0 radical (unpaired) electrons. The van der Waals surface area contributed by atoms with Gasteiger partial charge in [-0.05, 0) is 104 Å². The van der Waals surface area contributed by atoms with Crippen molar-refractivity contribution in [3.8, 4) is 5.75 Å². The Morgan fingerprint density at radius 3 is 2.75 bits per heavy atom. The minimum Gasteiger partial charge on any atom is -0.490 e. The Morgan fingerprint density at radius 1 is 1.16 bits per heavy atom. The number of carbonyl (C=O) groups excluding carboxylic acids is 1. The molecule has 44 heavy (non-hydrogen) atoms. The zero-order chi connectivity index (χ0) is 30.2. The van der Waals surface area contributed by atoms with E-state index in [0.717, 1.165) is 72.5 Å². The topological polar surface area (TPSA) is 54.0 Å². The van der Waals surface area contributed by atoms with Gasteiger partial charge in [0.25, 0.3) is 0 Å². The lowest BCUT2D eigenvalue weighted by Crippen LogP contribution is -2.44. The molecule has 1 spiro atoms. The summed E-state index contributed by atoms with van der Waals surface area (Å²) in [6.45, 7) is 3.74. The second-order valence-electron chi connectivity index (χ2n) is 11.7. The first-order chi connectivity index (χ1) is 20.9. The number of anilines is 2. The molecule has 0 bridgehead atoms. The number of hydrogen-bond donors (Lipinski definition) is 1. The molecule has 10 heteroatoms. The maximum absolute atomic E-state index is 10.4. The van der Waals surface area contributed by atoms with Gasteiger partial charge in [-0.3, -0.25) is 9.10 Å². The molecule has 1 N–H and O–H groups in total. The minimum atomic E-state index is -0.0518. The second kappa shape index (κ2) is 16.4. The summed E-state index contributed by atoms with van der Waals surface area (Å²) in [5.74, 6) is 3.21. The molecular formula is C34H44ClN3O3S3. The number of hydroxylamine groups is 1. The molecule has 1 atom stereocenters. The highest BCUT2D eigenvalue weighted by atomic mass is 35.5. The van der Waals surface area contributed by atoms with Crippen LogP contribution in [0.4, 0.5) is 11.4 Å². The minimum absolute atomic E-state index is 0. The number of amides is 1. The number of ether oxygens (including phenoxy) is 1. The van der Waals surface area contributed by atoms with Gasteiger partial charge in [0.15, 0.2) is 0 Å². The standard InChI is InChI=1S/C21H24ClN3O3S.C13H18S.H2S/c1-24-12-21(9-3-4-15-10-16(22)5-7-18(15)21)13-27-20-8-6-17(11-19(20)24)25(2)29-28-23-14-26;1-2-11-5-4-8-13(9-11)14-10-12-6-3-7-12;/h5-8,10-11,14H,3-4,9,12-13H2,1-2H3,(H,23,26);4-5,8-9,12H,2-3,6-7,10H2,1H3;1H2/t21-;;/m0../s1. The molecule has 1 heterocycles. The van der Waals surface area contributed by atoms with Crippen LogP contribution in [0.1, 0.15) is 55.7 Å². The predicted molar refractivity (Wildman–Crippen MR) is 192 cm³/mol. The van der Waals surface area contributed by atoms with Crippen LogP contribution in [0, 0.1) is 5.92 Å². The van der Waals surface area contributed by atoms with Crippen LogP contribution in [0.3, 0.4) is 0 Å². The summed E-state index contributed by atoms with van der Waals surface area (Å²) < 4.78 is 13.2. The number of hydrogen-bond acceptors (Lipinski definition) is 7. The first-order valence-corrected chi connectivity index (χ1v) is 17.2. The van der Waals surface area contributed by atoms with Gasteiger partial charge in [0.05, 0.1) is 18.0 Å². The molecule has 0 unspecified atom stereocenters. The van der Waals surface area contributed by atoms with Crippen molar-refractivity contribution in [1.82, 2.24) is 5.48 Å². The monoisotopic (exact) mass is 673 g/mol. The van der Waals surface area contributed by atoms with Crippen LogP contribution in [-0.4, -0.2) is 39.4 Å². The first-order valence-electron chi connectivity index (χ1n) is 15.2. The molecule has 0 aromatic heterocycles. The zero-order valence-corrected chi connectivity index (χ0v) is 29.2. The number of rotatable bonds is 9. The smallest absolute Gasteiger partial charge is 0.231 e. The second-order valence-corrected chi connectivity index (χ2v) is 14.1. The van der Waals surface area contributed by atoms with Gasteiger partial charge < -0.3 is 9.64 Å². The zero-order valence-electron chi connectivity index (χ0n) is 25.8. The molecular weight excluding hydrogens is 630 g/mol. The van der Waals surface area contributed by atoms with Gasteiger partial charge in [0, 0.05) is 41.7 Å². The molecule has 3 aliphatic rings. The molecule has 0 saturated heterocycles. The normalized spacial score (nSPS) is 18.7. The van der Waals surface area contributed by atoms with E-state index < -0.39 is 0 Å². The largest absolute Gasteiger partial charge is 0.490 e. The van der Waals surface area contributed by atoms with E-state index in [2.05, 4.69) is 66.8 Å². The predicted octanol–water partition coefficient (Wildman–Crippen LogP) is 8.37. The lowest BCUT2D eigenvalue weighted by molar-refractivity contribution is -0.114. The number of likely N-dealkylation sites (N-methyl/N-ethyl adjacent to an activating group) is 1. The number of nitrogens with one attached hydrogen (secondary N) is 1. The number of nitrogens with zero attached hydrogens (tertiary/aromatic N) is 2. The Balaban J connectivity index is 0.000000248. The average molecular weight is 674 g/mol. The van der Waals surface area contributed by atoms with E-state index in [4.69, 9.17) is 20.6 Å². The van der Waals surface area contributed by atoms with Crippen LogP contribution in [0.5, 0.6) is 5.75 Å². The summed E-state index contributed by atoms with van der Waals surface area (Å²) in [4.78, 5) is 14.1. The van der Waals surface area contributed by atoms with E-state index in [9.17, 15) is 4.79 Å². The number of fused-ring (bicyclic) bond motifs is 3. The number of halogens is 1. The lowest BCUT2D eigenvalue weighted by Gasteiger charge is -2.39. The Morgan fingerprint density at radius 2 is 2.00 bits per heavy atom. The SMILES string of the molecule is CCc1cccc(SCC2CCC2)c1.CN1C[C@@]2(CCCc3cc(Cl)ccc32)COc2ccc(N(C)SONC=O)cc21.S. The summed E-state index contributed by atoms with van der Waals surface area (Å²) >= 11 is 9.33. The van der Waals surface area contributed by atoms with E-state index in [1.807, 2.05) is 41.3 Å². The Bertz CT molecular complexity index is 1390. The maximum atomic E-state index is 10.4. The molecule has 1 aliphatic heterocycles. The Kier molecular flexibility index (Phi) is 12.9. The summed E-state index contributed by atoms with van der Waals surface area (Å²) in [7, 11) is 3.99. The van der Waals surface area contributed by atoms with Crippen LogP contribution in [0.2, 0.25) is 5.02 Å². The molecule has 6 rings (SSSR count). The molecule has 3 aromatic rings. The molecule has 6 nitrogen and oxygen atoms in total. The molecule has 3 aromatic carbocycles. The highest BCUT2D eigenvalue weighted by Crippen LogP contribution is 2.45. The van der Waals surface area contributed by atoms with Crippen LogP contribution in [0.15, 0.2) is 65.6 Å². The third-order valence-electron chi connectivity index (χ3n) is 8.76. The summed E-state index contributed by atoms with van der Waals surface area (Å²) in [5, 5.41) is 0.795. The third-order valence-corrected chi connectivity index (χ3v) is 10.8. The lowest BCUT2D eigenvalue weighted by atomic mass is 9.70. The first kappa shape index (κ1) is 34.7. The fourth-order valence-corrected chi connectivity index (χ4v) is 7.90. The maximum Gasteiger partial charge on any atom is 0.231 e. The van der Waals surface area contributed by atoms with E-state index in [-0.39, 0.29) is 18.9 Å². The molecule has 238 valence electrons. The van der Waals surface area contributed by atoms with Gasteiger partial charge in [-0.1, -0.05) is 43.1 Å². The highest BCUT2D eigenvalue weighted by Gasteiger charge is 2.41. The van der Waals surface area contributed by atoms with Crippen LogP contribution in [-0.2, 0) is 27.3 Å². The van der Waals surface area contributed by atoms with Gasteiger partial charge >= 0.3 is 0 Å². The van der Waals surface area contributed by atoms with Crippen molar-refractivity contribution in [3.63, 3.8) is 0 Å². The highest BCUT2D eigenvalue weighted by molar-refractivity contribution is 7.99. The van der Waals surface area contributed by atoms with Gasteiger partial charge in [-0.2, -0.15) is 17.8 Å². The van der Waals surface area contributed by atoms with Gasteiger partial charge in [-0.25, -0.2) is 5.48 Å². The van der Waals surface area contributed by atoms with E-state index >= 15 is 0 Å². The van der Waals surface area contributed by atoms with Crippen molar-refractivity contribution in [3.05, 3.63) is 82.4 Å². The average Bonchev–Trinajstić information content (AvgIpc) is 3.13. The molecule has 2 aliphatic carbocycles.